The third-order valence-corrected chi connectivity index (χ3v) is 7.19. The normalized spacial score (nSPS) is 21.8. The highest BCUT2D eigenvalue weighted by Crippen LogP contribution is 2.40. The van der Waals surface area contributed by atoms with Gasteiger partial charge in [-0.2, -0.15) is 0 Å². The van der Waals surface area contributed by atoms with Crippen LogP contribution in [0.1, 0.15) is 36.9 Å². The van der Waals surface area contributed by atoms with Gasteiger partial charge in [0.25, 0.3) is 0 Å². The molecule has 2 aliphatic heterocycles. The smallest absolute Gasteiger partial charge is 0.163 e. The van der Waals surface area contributed by atoms with Gasteiger partial charge in [-0.3, -0.25) is 4.98 Å². The van der Waals surface area contributed by atoms with Gasteiger partial charge in [-0.25, -0.2) is 0 Å². The summed E-state index contributed by atoms with van der Waals surface area (Å²) in [4.78, 5) is 9.91. The molecule has 3 aliphatic rings. The van der Waals surface area contributed by atoms with Crippen molar-refractivity contribution in [2.45, 2.75) is 44.6 Å². The van der Waals surface area contributed by atoms with Crippen LogP contribution in [0.4, 0.5) is 5.69 Å². The number of rotatable bonds is 8. The Labute approximate surface area is 197 Å². The largest absolute Gasteiger partial charge is 0.493 e. The molecular formula is C26H38N4O3. The zero-order valence-electron chi connectivity index (χ0n) is 20.2. The van der Waals surface area contributed by atoms with Gasteiger partial charge in [0, 0.05) is 42.5 Å². The molecule has 1 aromatic heterocycles. The number of hydrogen-bond acceptors (Lipinski definition) is 7. The summed E-state index contributed by atoms with van der Waals surface area (Å²) in [6, 6.07) is 4.43. The highest BCUT2D eigenvalue weighted by Gasteiger charge is 2.24. The van der Waals surface area contributed by atoms with Crippen molar-refractivity contribution in [2.24, 2.45) is 0 Å². The molecule has 3 heterocycles. The number of nitrogens with zero attached hydrogens (tertiary/aromatic N) is 3. The molecule has 180 valence electrons. The number of pyridine rings is 1. The maximum atomic E-state index is 6.20. The quantitative estimate of drug-likeness (QED) is 0.614. The maximum absolute atomic E-state index is 6.20. The molecule has 5 rings (SSSR count). The fraction of sp³-hybridized carbons (Fsp3) is 0.654. The SMILES string of the molecule is COc1cc2c(N[C@H]3COCCN(C)C3)c3c(nc2cc1OCCCN1CCCC1)CCC3. The molecule has 0 spiro atoms. The first kappa shape index (κ1) is 22.7. The molecule has 1 aromatic carbocycles. The van der Waals surface area contributed by atoms with E-state index in [1.165, 1.54) is 42.9 Å². The van der Waals surface area contributed by atoms with Crippen LogP contribution in [0, 0.1) is 0 Å². The van der Waals surface area contributed by atoms with Gasteiger partial charge < -0.3 is 29.3 Å². The van der Waals surface area contributed by atoms with E-state index in [0.29, 0.717) is 6.61 Å². The molecule has 0 amide bonds. The van der Waals surface area contributed by atoms with Gasteiger partial charge in [-0.1, -0.05) is 0 Å². The van der Waals surface area contributed by atoms with Crippen molar-refractivity contribution in [3.63, 3.8) is 0 Å². The van der Waals surface area contributed by atoms with E-state index in [2.05, 4.69) is 34.3 Å². The Kier molecular flexibility index (Phi) is 7.19. The summed E-state index contributed by atoms with van der Waals surface area (Å²) >= 11 is 0. The van der Waals surface area contributed by atoms with Crippen molar-refractivity contribution in [3.8, 4) is 11.5 Å². The number of ether oxygens (including phenoxy) is 3. The lowest BCUT2D eigenvalue weighted by atomic mass is 10.0. The first-order valence-corrected chi connectivity index (χ1v) is 12.6. The van der Waals surface area contributed by atoms with E-state index >= 15 is 0 Å². The lowest BCUT2D eigenvalue weighted by Crippen LogP contribution is -2.35. The topological polar surface area (TPSA) is 59.1 Å². The summed E-state index contributed by atoms with van der Waals surface area (Å²) in [5.74, 6) is 1.57. The van der Waals surface area contributed by atoms with Crippen molar-refractivity contribution in [1.29, 1.82) is 0 Å². The van der Waals surface area contributed by atoms with E-state index in [0.717, 1.165) is 80.9 Å². The van der Waals surface area contributed by atoms with Crippen LogP contribution in [0.5, 0.6) is 11.5 Å². The van der Waals surface area contributed by atoms with Gasteiger partial charge in [0.15, 0.2) is 11.5 Å². The second kappa shape index (κ2) is 10.5. The number of aryl methyl sites for hydroxylation is 1. The van der Waals surface area contributed by atoms with E-state index < -0.39 is 0 Å². The van der Waals surface area contributed by atoms with Crippen LogP contribution in [0.15, 0.2) is 12.1 Å². The zero-order valence-corrected chi connectivity index (χ0v) is 20.2. The van der Waals surface area contributed by atoms with Gasteiger partial charge in [-0.05, 0) is 70.3 Å². The van der Waals surface area contributed by atoms with Gasteiger partial charge in [0.05, 0.1) is 38.5 Å². The van der Waals surface area contributed by atoms with Gasteiger partial charge >= 0.3 is 0 Å². The Balaban J connectivity index is 1.39. The summed E-state index contributed by atoms with van der Waals surface area (Å²) in [5, 5.41) is 4.96. The second-order valence-corrected chi connectivity index (χ2v) is 9.72. The van der Waals surface area contributed by atoms with Crippen LogP contribution < -0.4 is 14.8 Å². The van der Waals surface area contributed by atoms with Crippen molar-refractivity contribution >= 4 is 16.6 Å². The number of likely N-dealkylation sites (tertiary alicyclic amines) is 1. The van der Waals surface area contributed by atoms with E-state index in [-0.39, 0.29) is 6.04 Å². The highest BCUT2D eigenvalue weighted by atomic mass is 16.5. The molecule has 0 unspecified atom stereocenters. The minimum atomic E-state index is 0.250. The zero-order chi connectivity index (χ0) is 22.6. The van der Waals surface area contributed by atoms with Crippen LogP contribution in [0.2, 0.25) is 0 Å². The first-order chi connectivity index (χ1) is 16.2. The Hall–Kier alpha value is -2.09. The van der Waals surface area contributed by atoms with Crippen molar-refractivity contribution in [1.82, 2.24) is 14.8 Å². The van der Waals surface area contributed by atoms with Gasteiger partial charge in [-0.15, -0.1) is 0 Å². The number of benzene rings is 1. The Bertz CT molecular complexity index is 960. The number of anilines is 1. The lowest BCUT2D eigenvalue weighted by Gasteiger charge is -2.24. The molecule has 1 atom stereocenters. The number of aromatic nitrogens is 1. The minimum absolute atomic E-state index is 0.250. The molecule has 0 radical (unpaired) electrons. The minimum Gasteiger partial charge on any atom is -0.493 e. The Morgan fingerprint density at radius 3 is 2.85 bits per heavy atom. The van der Waals surface area contributed by atoms with Gasteiger partial charge in [0.2, 0.25) is 0 Å². The van der Waals surface area contributed by atoms with E-state index in [9.17, 15) is 0 Å². The monoisotopic (exact) mass is 454 g/mol. The predicted octanol–water partition coefficient (Wildman–Crippen LogP) is 3.34. The van der Waals surface area contributed by atoms with Gasteiger partial charge in [0.1, 0.15) is 0 Å². The Morgan fingerprint density at radius 2 is 2.00 bits per heavy atom. The molecule has 33 heavy (non-hydrogen) atoms. The Morgan fingerprint density at radius 1 is 1.12 bits per heavy atom. The number of likely N-dealkylation sites (N-methyl/N-ethyl adjacent to an activating group) is 1. The van der Waals surface area contributed by atoms with E-state index in [1.54, 1.807) is 7.11 Å². The highest BCUT2D eigenvalue weighted by molar-refractivity contribution is 5.96. The van der Waals surface area contributed by atoms with Crippen molar-refractivity contribution < 1.29 is 14.2 Å². The summed E-state index contributed by atoms with van der Waals surface area (Å²) in [5.41, 5.74) is 4.76. The standard InChI is InChI=1S/C26H38N4O3/c1-29-12-14-32-18-19(17-29)27-26-20-7-5-8-22(20)28-23-16-25(24(31-2)15-21(23)26)33-13-6-11-30-9-3-4-10-30/h15-16,19H,3-14,17-18H2,1-2H3,(H,27,28)/t19-/m1/s1. The van der Waals surface area contributed by atoms with E-state index in [1.807, 2.05) is 0 Å². The third-order valence-electron chi connectivity index (χ3n) is 7.19. The lowest BCUT2D eigenvalue weighted by molar-refractivity contribution is 0.140. The van der Waals surface area contributed by atoms with Crippen molar-refractivity contribution in [2.75, 3.05) is 72.0 Å². The summed E-state index contributed by atoms with van der Waals surface area (Å²) in [6.45, 7) is 7.70. The van der Waals surface area contributed by atoms with E-state index in [4.69, 9.17) is 19.2 Å². The van der Waals surface area contributed by atoms with Crippen molar-refractivity contribution in [3.05, 3.63) is 23.4 Å². The summed E-state index contributed by atoms with van der Waals surface area (Å²) in [7, 11) is 3.88. The van der Waals surface area contributed by atoms with Crippen LogP contribution >= 0.6 is 0 Å². The van der Waals surface area contributed by atoms with Crippen LogP contribution in [0.3, 0.4) is 0 Å². The molecular weight excluding hydrogens is 416 g/mol. The number of fused-ring (bicyclic) bond motifs is 2. The number of nitrogens with one attached hydrogen (secondary N) is 1. The van der Waals surface area contributed by atoms with Crippen LogP contribution in [-0.2, 0) is 17.6 Å². The molecule has 0 saturated carbocycles. The number of hydrogen-bond donors (Lipinski definition) is 1. The molecule has 1 N–H and O–H groups in total. The second-order valence-electron chi connectivity index (χ2n) is 9.72. The fourth-order valence-electron chi connectivity index (χ4n) is 5.44. The molecule has 7 heteroatoms. The molecule has 1 aliphatic carbocycles. The summed E-state index contributed by atoms with van der Waals surface area (Å²) in [6.07, 6.45) is 6.95. The van der Waals surface area contributed by atoms with Crippen LogP contribution in [0.25, 0.3) is 10.9 Å². The molecule has 0 bridgehead atoms. The fourth-order valence-corrected chi connectivity index (χ4v) is 5.44. The predicted molar refractivity (Wildman–Crippen MR) is 132 cm³/mol. The average molecular weight is 455 g/mol. The molecule has 2 fully saturated rings. The molecule has 7 nitrogen and oxygen atoms in total. The molecule has 2 aromatic rings. The number of methoxy groups -OCH3 is 1. The third kappa shape index (κ3) is 5.20. The maximum Gasteiger partial charge on any atom is 0.163 e. The van der Waals surface area contributed by atoms with Crippen LogP contribution in [-0.4, -0.2) is 87.5 Å². The summed E-state index contributed by atoms with van der Waals surface area (Å²) < 4.78 is 17.8. The average Bonchev–Trinajstić information content (AvgIpc) is 3.46. The molecule has 2 saturated heterocycles. The first-order valence-electron chi connectivity index (χ1n) is 12.6.